The molecule has 0 heterocycles. The second-order valence-corrected chi connectivity index (χ2v) is 4.39. The number of hydrogen-bond acceptors (Lipinski definition) is 2. The molecule has 0 aliphatic rings. The van der Waals surface area contributed by atoms with E-state index >= 15 is 0 Å². The average molecular weight is 254 g/mol. The molecule has 17 heavy (non-hydrogen) atoms. The van der Waals surface area contributed by atoms with E-state index in [1.54, 1.807) is 0 Å². The van der Waals surface area contributed by atoms with Crippen molar-refractivity contribution in [1.82, 2.24) is 4.90 Å². The predicted octanol–water partition coefficient (Wildman–Crippen LogP) is 3.10. The Hall–Kier alpha value is -0.830. The van der Waals surface area contributed by atoms with Gasteiger partial charge in [-0.3, -0.25) is 4.90 Å². The standard InChI is InChI=1S/C14H20ClNO/c1-3-16(10-4-9-15)11-14(17)13-7-5-12(2)6-8-13/h4-9,14,17H,3,10-11H2,1-2H3. The van der Waals surface area contributed by atoms with Gasteiger partial charge in [-0.15, -0.1) is 0 Å². The van der Waals surface area contributed by atoms with E-state index < -0.39 is 6.10 Å². The summed E-state index contributed by atoms with van der Waals surface area (Å²) in [5, 5.41) is 10.1. The molecular formula is C14H20ClNO. The molecule has 0 saturated carbocycles. The lowest BCUT2D eigenvalue weighted by Gasteiger charge is -2.22. The molecule has 2 nitrogen and oxygen atoms in total. The Bertz CT molecular complexity index is 348. The molecule has 0 aliphatic carbocycles. The van der Waals surface area contributed by atoms with Gasteiger partial charge in [0.25, 0.3) is 0 Å². The van der Waals surface area contributed by atoms with Crippen LogP contribution in [0.1, 0.15) is 24.2 Å². The topological polar surface area (TPSA) is 23.5 Å². The minimum atomic E-state index is -0.445. The van der Waals surface area contributed by atoms with Crippen molar-refractivity contribution >= 4 is 11.6 Å². The highest BCUT2D eigenvalue weighted by atomic mass is 35.5. The summed E-state index contributed by atoms with van der Waals surface area (Å²) in [6.45, 7) is 6.40. The Morgan fingerprint density at radius 2 is 2.00 bits per heavy atom. The van der Waals surface area contributed by atoms with Crippen LogP contribution in [0.25, 0.3) is 0 Å². The molecule has 0 bridgehead atoms. The number of hydrogen-bond donors (Lipinski definition) is 1. The van der Waals surface area contributed by atoms with Crippen LogP contribution in [-0.2, 0) is 0 Å². The van der Waals surface area contributed by atoms with Crippen molar-refractivity contribution in [3.8, 4) is 0 Å². The molecule has 1 unspecified atom stereocenters. The van der Waals surface area contributed by atoms with E-state index in [9.17, 15) is 5.11 Å². The van der Waals surface area contributed by atoms with Crippen LogP contribution in [0.2, 0.25) is 0 Å². The van der Waals surface area contributed by atoms with Gasteiger partial charge in [0, 0.05) is 18.6 Å². The summed E-state index contributed by atoms with van der Waals surface area (Å²) in [6, 6.07) is 8.00. The number of likely N-dealkylation sites (N-methyl/N-ethyl adjacent to an activating group) is 1. The quantitative estimate of drug-likeness (QED) is 0.842. The van der Waals surface area contributed by atoms with E-state index in [1.807, 2.05) is 37.3 Å². The van der Waals surface area contributed by atoms with Crippen molar-refractivity contribution in [3.05, 3.63) is 47.0 Å². The molecule has 0 amide bonds. The van der Waals surface area contributed by atoms with Crippen molar-refractivity contribution in [2.24, 2.45) is 0 Å². The maximum absolute atomic E-state index is 10.1. The van der Waals surface area contributed by atoms with Gasteiger partial charge in [0.2, 0.25) is 0 Å². The first-order valence-corrected chi connectivity index (χ1v) is 6.33. The van der Waals surface area contributed by atoms with Crippen molar-refractivity contribution in [2.45, 2.75) is 20.0 Å². The molecule has 0 radical (unpaired) electrons. The number of benzene rings is 1. The molecule has 3 heteroatoms. The zero-order valence-electron chi connectivity index (χ0n) is 10.4. The summed E-state index contributed by atoms with van der Waals surface area (Å²) in [4.78, 5) is 2.14. The molecule has 1 N–H and O–H groups in total. The first kappa shape index (κ1) is 14.2. The third kappa shape index (κ3) is 4.90. The Labute approximate surface area is 109 Å². The Morgan fingerprint density at radius 3 is 2.53 bits per heavy atom. The second-order valence-electron chi connectivity index (χ2n) is 4.14. The second kappa shape index (κ2) is 7.49. The van der Waals surface area contributed by atoms with Crippen molar-refractivity contribution in [1.29, 1.82) is 0 Å². The highest BCUT2D eigenvalue weighted by molar-refractivity contribution is 6.25. The number of aliphatic hydroxyl groups is 1. The first-order chi connectivity index (χ1) is 8.17. The van der Waals surface area contributed by atoms with E-state index in [1.165, 1.54) is 11.1 Å². The van der Waals surface area contributed by atoms with E-state index in [2.05, 4.69) is 11.8 Å². The van der Waals surface area contributed by atoms with Crippen LogP contribution in [-0.4, -0.2) is 29.6 Å². The molecule has 1 atom stereocenters. The smallest absolute Gasteiger partial charge is 0.0917 e. The van der Waals surface area contributed by atoms with Crippen LogP contribution in [0.4, 0.5) is 0 Å². The molecule has 0 saturated heterocycles. The zero-order chi connectivity index (χ0) is 12.7. The van der Waals surface area contributed by atoms with E-state index in [0.717, 1.165) is 18.7 Å². The molecule has 0 aromatic heterocycles. The minimum Gasteiger partial charge on any atom is -0.387 e. The molecule has 0 fully saturated rings. The summed E-state index contributed by atoms with van der Waals surface area (Å²) in [7, 11) is 0. The van der Waals surface area contributed by atoms with Crippen LogP contribution in [0, 0.1) is 6.92 Å². The van der Waals surface area contributed by atoms with Crippen LogP contribution in [0.15, 0.2) is 35.9 Å². The number of aliphatic hydroxyl groups excluding tert-OH is 1. The fraction of sp³-hybridized carbons (Fsp3) is 0.429. The largest absolute Gasteiger partial charge is 0.387 e. The minimum absolute atomic E-state index is 0.445. The summed E-state index contributed by atoms with van der Waals surface area (Å²) < 4.78 is 0. The molecular weight excluding hydrogens is 234 g/mol. The van der Waals surface area contributed by atoms with Gasteiger partial charge in [-0.05, 0) is 19.0 Å². The van der Waals surface area contributed by atoms with Crippen LogP contribution < -0.4 is 0 Å². The first-order valence-electron chi connectivity index (χ1n) is 5.89. The highest BCUT2D eigenvalue weighted by Crippen LogP contribution is 2.15. The lowest BCUT2D eigenvalue weighted by Crippen LogP contribution is -2.28. The Balaban J connectivity index is 2.57. The fourth-order valence-corrected chi connectivity index (χ4v) is 1.74. The molecule has 1 aromatic carbocycles. The summed E-state index contributed by atoms with van der Waals surface area (Å²) >= 11 is 5.50. The average Bonchev–Trinajstić information content (AvgIpc) is 2.35. The van der Waals surface area contributed by atoms with Gasteiger partial charge in [-0.1, -0.05) is 54.4 Å². The van der Waals surface area contributed by atoms with Gasteiger partial charge in [0.1, 0.15) is 0 Å². The number of nitrogens with zero attached hydrogens (tertiary/aromatic N) is 1. The SMILES string of the molecule is CCN(CC=CCl)CC(O)c1ccc(C)cc1. The van der Waals surface area contributed by atoms with Gasteiger partial charge in [0.15, 0.2) is 0 Å². The Kier molecular flexibility index (Phi) is 6.27. The maximum atomic E-state index is 10.1. The van der Waals surface area contributed by atoms with E-state index in [4.69, 9.17) is 11.6 Å². The number of rotatable bonds is 6. The fourth-order valence-electron chi connectivity index (χ4n) is 1.66. The summed E-state index contributed by atoms with van der Waals surface area (Å²) in [5.74, 6) is 0. The third-order valence-electron chi connectivity index (χ3n) is 2.79. The Morgan fingerprint density at radius 1 is 1.35 bits per heavy atom. The van der Waals surface area contributed by atoms with Crippen LogP contribution in [0.3, 0.4) is 0 Å². The molecule has 1 aromatic rings. The lowest BCUT2D eigenvalue weighted by molar-refractivity contribution is 0.122. The molecule has 1 rings (SSSR count). The summed E-state index contributed by atoms with van der Waals surface area (Å²) in [6.07, 6.45) is 1.44. The number of aryl methyl sites for hydroxylation is 1. The van der Waals surface area contributed by atoms with Crippen LogP contribution >= 0.6 is 11.6 Å². The molecule has 94 valence electrons. The highest BCUT2D eigenvalue weighted by Gasteiger charge is 2.11. The third-order valence-corrected chi connectivity index (χ3v) is 2.97. The van der Waals surface area contributed by atoms with Crippen molar-refractivity contribution in [2.75, 3.05) is 19.6 Å². The van der Waals surface area contributed by atoms with Gasteiger partial charge >= 0.3 is 0 Å². The van der Waals surface area contributed by atoms with Gasteiger partial charge < -0.3 is 5.11 Å². The van der Waals surface area contributed by atoms with E-state index in [0.29, 0.717) is 6.54 Å². The van der Waals surface area contributed by atoms with Crippen molar-refractivity contribution in [3.63, 3.8) is 0 Å². The predicted molar refractivity (Wildman–Crippen MR) is 73.2 cm³/mol. The van der Waals surface area contributed by atoms with Crippen LogP contribution in [0.5, 0.6) is 0 Å². The van der Waals surface area contributed by atoms with Gasteiger partial charge in [0.05, 0.1) is 6.10 Å². The molecule has 0 spiro atoms. The monoisotopic (exact) mass is 253 g/mol. The van der Waals surface area contributed by atoms with Gasteiger partial charge in [-0.2, -0.15) is 0 Å². The lowest BCUT2D eigenvalue weighted by atomic mass is 10.1. The summed E-state index contributed by atoms with van der Waals surface area (Å²) in [5.41, 5.74) is 3.68. The normalized spacial score (nSPS) is 13.5. The van der Waals surface area contributed by atoms with Crippen molar-refractivity contribution < 1.29 is 5.11 Å². The molecule has 0 aliphatic heterocycles. The zero-order valence-corrected chi connectivity index (χ0v) is 11.2. The van der Waals surface area contributed by atoms with E-state index in [-0.39, 0.29) is 0 Å². The maximum Gasteiger partial charge on any atom is 0.0917 e. The number of halogens is 1. The van der Waals surface area contributed by atoms with Gasteiger partial charge in [-0.25, -0.2) is 0 Å².